The summed E-state index contributed by atoms with van der Waals surface area (Å²) in [7, 11) is -2.21. The zero-order valence-electron chi connectivity index (χ0n) is 11.4. The van der Waals surface area contributed by atoms with E-state index in [1.165, 1.54) is 19.2 Å². The molecule has 112 valence electrons. The van der Waals surface area contributed by atoms with Crippen LogP contribution in [-0.4, -0.2) is 15.5 Å². The minimum Gasteiger partial charge on any atom is -0.496 e. The minimum atomic E-state index is -3.72. The van der Waals surface area contributed by atoms with Crippen LogP contribution in [0.25, 0.3) is 0 Å². The van der Waals surface area contributed by atoms with Crippen LogP contribution in [-0.2, 0) is 10.0 Å². The number of ether oxygens (including phenoxy) is 1. The van der Waals surface area contributed by atoms with Crippen LogP contribution in [0.4, 0.5) is 5.69 Å². The van der Waals surface area contributed by atoms with Crippen LogP contribution >= 0.6 is 27.5 Å². The fourth-order valence-electron chi connectivity index (χ4n) is 1.74. The Morgan fingerprint density at radius 1 is 1.19 bits per heavy atom. The Labute approximate surface area is 137 Å². The summed E-state index contributed by atoms with van der Waals surface area (Å²) < 4.78 is 32.9. The molecule has 21 heavy (non-hydrogen) atoms. The van der Waals surface area contributed by atoms with E-state index in [1.807, 2.05) is 13.0 Å². The number of nitrogens with one attached hydrogen (secondary N) is 1. The van der Waals surface area contributed by atoms with E-state index in [0.29, 0.717) is 20.9 Å². The zero-order valence-corrected chi connectivity index (χ0v) is 14.5. The molecule has 0 aliphatic rings. The molecule has 0 radical (unpaired) electrons. The molecule has 4 nitrogen and oxygen atoms in total. The van der Waals surface area contributed by atoms with Crippen LogP contribution in [0.2, 0.25) is 5.02 Å². The number of hydrogen-bond donors (Lipinski definition) is 1. The highest BCUT2D eigenvalue weighted by atomic mass is 79.9. The number of anilines is 1. The van der Waals surface area contributed by atoms with Gasteiger partial charge in [0, 0.05) is 0 Å². The number of aryl methyl sites for hydroxylation is 1. The first kappa shape index (κ1) is 16.1. The highest BCUT2D eigenvalue weighted by Gasteiger charge is 2.17. The van der Waals surface area contributed by atoms with Crippen molar-refractivity contribution < 1.29 is 13.2 Å². The van der Waals surface area contributed by atoms with Gasteiger partial charge in [0.05, 0.1) is 27.2 Å². The fourth-order valence-corrected chi connectivity index (χ4v) is 3.74. The summed E-state index contributed by atoms with van der Waals surface area (Å²) in [5, 5.41) is 0.344. The van der Waals surface area contributed by atoms with E-state index in [2.05, 4.69) is 20.7 Å². The third-order valence-electron chi connectivity index (χ3n) is 2.80. The summed E-state index contributed by atoms with van der Waals surface area (Å²) in [4.78, 5) is 0.118. The molecular weight excluding hydrogens is 378 g/mol. The Morgan fingerprint density at radius 2 is 1.90 bits per heavy atom. The number of sulfonamides is 1. The van der Waals surface area contributed by atoms with Crippen LogP contribution in [0, 0.1) is 6.92 Å². The summed E-state index contributed by atoms with van der Waals surface area (Å²) in [6.45, 7) is 1.86. The van der Waals surface area contributed by atoms with Gasteiger partial charge in [0.25, 0.3) is 10.0 Å². The number of rotatable bonds is 4. The molecule has 0 heterocycles. The maximum absolute atomic E-state index is 12.4. The lowest BCUT2D eigenvalue weighted by Gasteiger charge is -2.11. The van der Waals surface area contributed by atoms with Crippen LogP contribution < -0.4 is 9.46 Å². The molecule has 0 aliphatic carbocycles. The molecule has 7 heteroatoms. The van der Waals surface area contributed by atoms with Crippen LogP contribution in [0.1, 0.15) is 5.56 Å². The molecule has 0 fully saturated rings. The SMILES string of the molecule is COc1ccc(S(=O)(=O)Nc2cc(C)ccc2Cl)cc1Br. The lowest BCUT2D eigenvalue weighted by molar-refractivity contribution is 0.411. The molecule has 0 saturated heterocycles. The molecule has 0 bridgehead atoms. The van der Waals surface area contributed by atoms with Crippen LogP contribution in [0.3, 0.4) is 0 Å². The van der Waals surface area contributed by atoms with Gasteiger partial charge in [0.2, 0.25) is 0 Å². The normalized spacial score (nSPS) is 11.2. The van der Waals surface area contributed by atoms with E-state index < -0.39 is 10.0 Å². The first-order valence-corrected chi connectivity index (χ1v) is 8.61. The second kappa shape index (κ2) is 6.25. The number of halogens is 2. The Morgan fingerprint density at radius 3 is 2.52 bits per heavy atom. The second-order valence-corrected chi connectivity index (χ2v) is 7.33. The molecular formula is C14H13BrClNO3S. The summed E-state index contributed by atoms with van der Waals surface area (Å²) in [5.74, 6) is 0.558. The molecule has 2 rings (SSSR count). The van der Waals surface area contributed by atoms with Crippen molar-refractivity contribution in [2.75, 3.05) is 11.8 Å². The van der Waals surface area contributed by atoms with Gasteiger partial charge in [-0.25, -0.2) is 8.42 Å². The minimum absolute atomic E-state index is 0.118. The van der Waals surface area contributed by atoms with E-state index in [0.717, 1.165) is 5.56 Å². The predicted molar refractivity (Wildman–Crippen MR) is 87.7 cm³/mol. The predicted octanol–water partition coefficient (Wildman–Crippen LogP) is 4.22. The third-order valence-corrected chi connectivity index (χ3v) is 5.11. The van der Waals surface area contributed by atoms with Crippen molar-refractivity contribution in [3.05, 3.63) is 51.5 Å². The van der Waals surface area contributed by atoms with Gasteiger partial charge in [-0.15, -0.1) is 0 Å². The van der Waals surface area contributed by atoms with Crippen molar-refractivity contribution in [2.45, 2.75) is 11.8 Å². The van der Waals surface area contributed by atoms with Crippen molar-refractivity contribution in [3.63, 3.8) is 0 Å². The van der Waals surface area contributed by atoms with Crippen molar-refractivity contribution in [2.24, 2.45) is 0 Å². The Kier molecular flexibility index (Phi) is 4.81. The zero-order chi connectivity index (χ0) is 15.6. The van der Waals surface area contributed by atoms with Crippen molar-refractivity contribution >= 4 is 43.2 Å². The molecule has 0 amide bonds. The molecule has 0 atom stereocenters. The van der Waals surface area contributed by atoms with E-state index in [4.69, 9.17) is 16.3 Å². The van der Waals surface area contributed by atoms with E-state index in [-0.39, 0.29) is 4.90 Å². The fraction of sp³-hybridized carbons (Fsp3) is 0.143. The van der Waals surface area contributed by atoms with Crippen molar-refractivity contribution in [3.8, 4) is 5.75 Å². The maximum Gasteiger partial charge on any atom is 0.261 e. The van der Waals surface area contributed by atoms with E-state index in [1.54, 1.807) is 18.2 Å². The van der Waals surface area contributed by atoms with Crippen LogP contribution in [0.5, 0.6) is 5.75 Å². The average molecular weight is 391 g/mol. The van der Waals surface area contributed by atoms with Crippen LogP contribution in [0.15, 0.2) is 45.8 Å². The Hall–Kier alpha value is -1.24. The van der Waals surface area contributed by atoms with Gasteiger partial charge in [-0.2, -0.15) is 0 Å². The highest BCUT2D eigenvalue weighted by Crippen LogP contribution is 2.30. The van der Waals surface area contributed by atoms with Gasteiger partial charge >= 0.3 is 0 Å². The lowest BCUT2D eigenvalue weighted by Crippen LogP contribution is -2.13. The number of hydrogen-bond acceptors (Lipinski definition) is 3. The molecule has 0 aromatic heterocycles. The molecule has 2 aromatic rings. The lowest BCUT2D eigenvalue weighted by atomic mass is 10.2. The Balaban J connectivity index is 2.38. The van der Waals surface area contributed by atoms with Crippen molar-refractivity contribution in [1.29, 1.82) is 0 Å². The topological polar surface area (TPSA) is 55.4 Å². The molecule has 2 aromatic carbocycles. The first-order chi connectivity index (χ1) is 9.83. The third kappa shape index (κ3) is 3.70. The van der Waals surface area contributed by atoms with E-state index in [9.17, 15) is 8.42 Å². The monoisotopic (exact) mass is 389 g/mol. The van der Waals surface area contributed by atoms with Gasteiger partial charge < -0.3 is 4.74 Å². The summed E-state index contributed by atoms with van der Waals surface area (Å²) in [6.07, 6.45) is 0. The quantitative estimate of drug-likeness (QED) is 0.850. The second-order valence-electron chi connectivity index (χ2n) is 4.39. The van der Waals surface area contributed by atoms with Gasteiger partial charge in [0.1, 0.15) is 5.75 Å². The average Bonchev–Trinajstić information content (AvgIpc) is 2.42. The molecule has 0 aliphatic heterocycles. The Bertz CT molecular complexity index is 778. The molecule has 0 unspecified atom stereocenters. The smallest absolute Gasteiger partial charge is 0.261 e. The highest BCUT2D eigenvalue weighted by molar-refractivity contribution is 9.10. The van der Waals surface area contributed by atoms with Gasteiger partial charge in [-0.1, -0.05) is 17.7 Å². The maximum atomic E-state index is 12.4. The van der Waals surface area contributed by atoms with Gasteiger partial charge in [-0.3, -0.25) is 4.72 Å². The number of methoxy groups -OCH3 is 1. The number of benzene rings is 2. The van der Waals surface area contributed by atoms with Gasteiger partial charge in [0.15, 0.2) is 0 Å². The molecule has 1 N–H and O–H groups in total. The summed E-state index contributed by atoms with van der Waals surface area (Å²) >= 11 is 9.28. The standard InChI is InChI=1S/C14H13BrClNO3S/c1-9-3-5-12(16)13(7-9)17-21(18,19)10-4-6-14(20-2)11(15)8-10/h3-8,17H,1-2H3. The van der Waals surface area contributed by atoms with Gasteiger partial charge in [-0.05, 0) is 58.7 Å². The summed E-state index contributed by atoms with van der Waals surface area (Å²) in [5.41, 5.74) is 1.26. The largest absolute Gasteiger partial charge is 0.496 e. The first-order valence-electron chi connectivity index (χ1n) is 5.96. The summed E-state index contributed by atoms with van der Waals surface area (Å²) in [6, 6.07) is 9.66. The molecule has 0 spiro atoms. The van der Waals surface area contributed by atoms with Crippen molar-refractivity contribution in [1.82, 2.24) is 0 Å². The van der Waals surface area contributed by atoms with E-state index >= 15 is 0 Å². The molecule has 0 saturated carbocycles.